The molecule has 1 unspecified atom stereocenters. The van der Waals surface area contributed by atoms with Crippen molar-refractivity contribution < 1.29 is 9.53 Å². The number of benzene rings is 1. The second-order valence-electron chi connectivity index (χ2n) is 6.79. The lowest BCUT2D eigenvalue weighted by molar-refractivity contribution is -0.139. The highest BCUT2D eigenvalue weighted by Gasteiger charge is 2.35. The van der Waals surface area contributed by atoms with Crippen molar-refractivity contribution in [3.63, 3.8) is 0 Å². The number of nitrogens with one attached hydrogen (secondary N) is 2. The van der Waals surface area contributed by atoms with Gasteiger partial charge in [-0.2, -0.15) is 0 Å². The van der Waals surface area contributed by atoms with E-state index in [-0.39, 0.29) is 12.0 Å². The topological polar surface area (TPSA) is 79.6 Å². The lowest BCUT2D eigenvalue weighted by Crippen LogP contribution is -2.49. The number of nitrogens with zero attached hydrogens (tertiary/aromatic N) is 1. The third kappa shape index (κ3) is 4.77. The number of ether oxygens (including phenoxy) is 1. The maximum Gasteiger partial charge on any atom is 0.225 e. The molecule has 1 aromatic carbocycles. The Balaban J connectivity index is 1.43. The van der Waals surface area contributed by atoms with Gasteiger partial charge in [-0.1, -0.05) is 11.6 Å². The van der Waals surface area contributed by atoms with Gasteiger partial charge in [0.25, 0.3) is 0 Å². The zero-order chi connectivity index (χ0) is 17.8. The van der Waals surface area contributed by atoms with E-state index in [0.29, 0.717) is 29.8 Å². The van der Waals surface area contributed by atoms with Crippen molar-refractivity contribution in [3.05, 3.63) is 22.7 Å². The summed E-state index contributed by atoms with van der Waals surface area (Å²) in [4.78, 5) is 14.1. The number of anilines is 2. The van der Waals surface area contributed by atoms with Gasteiger partial charge in [-0.15, -0.1) is 0 Å². The highest BCUT2D eigenvalue weighted by Crippen LogP contribution is 2.31. The summed E-state index contributed by atoms with van der Waals surface area (Å²) in [6.45, 7) is 3.57. The van der Waals surface area contributed by atoms with Crippen molar-refractivity contribution in [1.29, 1.82) is 0 Å². The lowest BCUT2D eigenvalue weighted by atomic mass is 10.1. The summed E-state index contributed by atoms with van der Waals surface area (Å²) in [6.07, 6.45) is 2.98. The van der Waals surface area contributed by atoms with Crippen LogP contribution in [0.4, 0.5) is 11.4 Å². The second kappa shape index (κ2) is 8.25. The molecular formula is C18H27ClN4O2. The standard InChI is InChI=1S/C18H27ClN4O2/c1-21-17-8-13(15(19)9-16(17)20)4-5-22-10-14-11-23(6-7-25-14)18(24)12-2-3-12/h8-9,12,14,21-22H,2-7,10-11,20H2,1H3. The Morgan fingerprint density at radius 3 is 2.96 bits per heavy atom. The number of amides is 1. The zero-order valence-electron chi connectivity index (χ0n) is 14.7. The van der Waals surface area contributed by atoms with Gasteiger partial charge in [-0.25, -0.2) is 0 Å². The van der Waals surface area contributed by atoms with Crippen molar-refractivity contribution in [2.24, 2.45) is 5.92 Å². The molecule has 1 atom stereocenters. The number of halogens is 1. The Labute approximate surface area is 154 Å². The molecule has 0 radical (unpaired) electrons. The molecule has 1 aliphatic heterocycles. The molecule has 138 valence electrons. The molecule has 2 fully saturated rings. The fourth-order valence-electron chi connectivity index (χ4n) is 3.16. The molecule has 1 amide bonds. The summed E-state index contributed by atoms with van der Waals surface area (Å²) in [5, 5.41) is 7.18. The minimum absolute atomic E-state index is 0.0613. The normalized spacial score (nSPS) is 20.6. The van der Waals surface area contributed by atoms with Gasteiger partial charge in [0.2, 0.25) is 5.91 Å². The van der Waals surface area contributed by atoms with Crippen molar-refractivity contribution >= 4 is 28.9 Å². The molecule has 1 saturated heterocycles. The van der Waals surface area contributed by atoms with Crippen LogP contribution in [0.25, 0.3) is 0 Å². The first-order valence-electron chi connectivity index (χ1n) is 8.95. The summed E-state index contributed by atoms with van der Waals surface area (Å²) in [5.41, 5.74) is 8.51. The predicted octanol–water partition coefficient (Wildman–Crippen LogP) is 1.73. The van der Waals surface area contributed by atoms with Crippen LogP contribution in [0.5, 0.6) is 0 Å². The number of carbonyl (C=O) groups excluding carboxylic acids is 1. The Morgan fingerprint density at radius 2 is 2.24 bits per heavy atom. The first-order chi connectivity index (χ1) is 12.1. The Hall–Kier alpha value is -1.50. The monoisotopic (exact) mass is 366 g/mol. The number of nitrogens with two attached hydrogens (primary N) is 1. The summed E-state index contributed by atoms with van der Waals surface area (Å²) in [6, 6.07) is 3.78. The summed E-state index contributed by atoms with van der Waals surface area (Å²) < 4.78 is 5.78. The van der Waals surface area contributed by atoms with Crippen LogP contribution in [-0.4, -0.2) is 56.7 Å². The number of nitrogen functional groups attached to an aromatic ring is 1. The molecule has 1 saturated carbocycles. The van der Waals surface area contributed by atoms with Gasteiger partial charge in [0.1, 0.15) is 0 Å². The Bertz CT molecular complexity index is 621. The number of hydrogen-bond acceptors (Lipinski definition) is 5. The molecule has 4 N–H and O–H groups in total. The van der Waals surface area contributed by atoms with Gasteiger partial charge < -0.3 is 26.0 Å². The molecular weight excluding hydrogens is 340 g/mol. The second-order valence-corrected chi connectivity index (χ2v) is 7.19. The van der Waals surface area contributed by atoms with Crippen molar-refractivity contribution in [2.75, 3.05) is 50.9 Å². The number of morpholine rings is 1. The third-order valence-corrected chi connectivity index (χ3v) is 5.16. The maximum atomic E-state index is 12.2. The maximum absolute atomic E-state index is 12.2. The smallest absolute Gasteiger partial charge is 0.225 e. The molecule has 7 heteroatoms. The molecule has 0 spiro atoms. The highest BCUT2D eigenvalue weighted by molar-refractivity contribution is 6.31. The average Bonchev–Trinajstić information content (AvgIpc) is 3.45. The first-order valence-corrected chi connectivity index (χ1v) is 9.33. The highest BCUT2D eigenvalue weighted by atomic mass is 35.5. The number of rotatable bonds is 7. The van der Waals surface area contributed by atoms with E-state index in [4.69, 9.17) is 22.1 Å². The number of carbonyl (C=O) groups is 1. The van der Waals surface area contributed by atoms with Gasteiger partial charge in [0, 0.05) is 37.6 Å². The van der Waals surface area contributed by atoms with Gasteiger partial charge in [-0.3, -0.25) is 4.79 Å². The zero-order valence-corrected chi connectivity index (χ0v) is 15.4. The van der Waals surface area contributed by atoms with Crippen molar-refractivity contribution in [1.82, 2.24) is 10.2 Å². The van der Waals surface area contributed by atoms with Crippen molar-refractivity contribution in [2.45, 2.75) is 25.4 Å². The quantitative estimate of drug-likeness (QED) is 0.506. The van der Waals surface area contributed by atoms with E-state index in [1.807, 2.05) is 18.0 Å². The molecule has 1 heterocycles. The van der Waals surface area contributed by atoms with E-state index in [1.165, 1.54) is 0 Å². The van der Waals surface area contributed by atoms with Gasteiger partial charge in [-0.05, 0) is 43.5 Å². The molecule has 2 aliphatic rings. The molecule has 0 bridgehead atoms. The fourth-order valence-corrected chi connectivity index (χ4v) is 3.43. The van der Waals surface area contributed by atoms with E-state index >= 15 is 0 Å². The molecule has 1 aromatic rings. The fraction of sp³-hybridized carbons (Fsp3) is 0.611. The number of hydrogen-bond donors (Lipinski definition) is 3. The van der Waals surface area contributed by atoms with Crippen LogP contribution in [0.2, 0.25) is 5.02 Å². The lowest BCUT2D eigenvalue weighted by Gasteiger charge is -2.33. The minimum Gasteiger partial charge on any atom is -0.397 e. The predicted molar refractivity (Wildman–Crippen MR) is 101 cm³/mol. The molecule has 25 heavy (non-hydrogen) atoms. The summed E-state index contributed by atoms with van der Waals surface area (Å²) in [7, 11) is 1.84. The van der Waals surface area contributed by atoms with Crippen LogP contribution < -0.4 is 16.4 Å². The SMILES string of the molecule is CNc1cc(CCNCC2CN(C(=O)C3CC3)CCO2)c(Cl)cc1N. The first kappa shape index (κ1) is 18.3. The minimum atomic E-state index is 0.0613. The summed E-state index contributed by atoms with van der Waals surface area (Å²) in [5.74, 6) is 0.585. The van der Waals surface area contributed by atoms with Crippen LogP contribution >= 0.6 is 11.6 Å². The van der Waals surface area contributed by atoms with Crippen LogP contribution in [0.15, 0.2) is 12.1 Å². The Morgan fingerprint density at radius 1 is 1.44 bits per heavy atom. The largest absolute Gasteiger partial charge is 0.397 e. The summed E-state index contributed by atoms with van der Waals surface area (Å²) >= 11 is 6.27. The molecule has 0 aromatic heterocycles. The molecule has 1 aliphatic carbocycles. The van der Waals surface area contributed by atoms with E-state index in [9.17, 15) is 4.79 Å². The van der Waals surface area contributed by atoms with Crippen LogP contribution in [-0.2, 0) is 16.0 Å². The van der Waals surface area contributed by atoms with E-state index in [0.717, 1.165) is 50.1 Å². The van der Waals surface area contributed by atoms with E-state index in [2.05, 4.69) is 10.6 Å². The van der Waals surface area contributed by atoms with E-state index < -0.39 is 0 Å². The molecule has 6 nitrogen and oxygen atoms in total. The average molecular weight is 367 g/mol. The third-order valence-electron chi connectivity index (χ3n) is 4.81. The van der Waals surface area contributed by atoms with Gasteiger partial charge in [0.15, 0.2) is 0 Å². The van der Waals surface area contributed by atoms with Crippen LogP contribution in [0.1, 0.15) is 18.4 Å². The van der Waals surface area contributed by atoms with Crippen LogP contribution in [0, 0.1) is 5.92 Å². The Kier molecular flexibility index (Phi) is 6.04. The van der Waals surface area contributed by atoms with E-state index in [1.54, 1.807) is 6.07 Å². The molecule has 3 rings (SSSR count). The van der Waals surface area contributed by atoms with Crippen molar-refractivity contribution in [3.8, 4) is 0 Å². The van der Waals surface area contributed by atoms with Crippen LogP contribution in [0.3, 0.4) is 0 Å². The van der Waals surface area contributed by atoms with Gasteiger partial charge in [0.05, 0.1) is 24.1 Å². The van der Waals surface area contributed by atoms with Gasteiger partial charge >= 0.3 is 0 Å².